The molecule has 0 atom stereocenters. The molecule has 0 fully saturated rings. The molecule has 13 heteroatoms. The van der Waals surface area contributed by atoms with Crippen LogP contribution < -0.4 is 0 Å². The van der Waals surface area contributed by atoms with Gasteiger partial charge in [-0.15, -0.1) is 0 Å². The van der Waals surface area contributed by atoms with Crippen LogP contribution in [0, 0.1) is 0 Å². The van der Waals surface area contributed by atoms with Crippen molar-refractivity contribution in [2.75, 3.05) is 0 Å². The predicted octanol–water partition coefficient (Wildman–Crippen LogP) is 19.4. The van der Waals surface area contributed by atoms with Gasteiger partial charge in [-0.2, -0.15) is 17.5 Å². The standard InChI is InChI=1S/C40H24N6S.C37H21N5S/c1-2-11-32-30(10-1)38-31(18-19-35-40(38)46-47-45-35)39(44-32)28-9-7-8-27(22-28)25-14-16-26(17-15-25)29-23-36(33-12-3-5-20-41-33)43-37(24-29)34-13-4-6-21-42-34;1-2-7-22(8-3-1)29-18-15-23-13-14-24-16-19-30(39-36(24)35(23)38-29)25-9-6-10-26(21-25)34-28-17-20-32-37(42-43-41-32)33(28)27-11-4-5-12-31(27)40-34/h1-24H;1-21H. The predicted molar refractivity (Wildman–Crippen MR) is 368 cm³/mol. The molecule has 0 saturated heterocycles. The normalized spacial score (nSPS) is 11.6. The number of pyridine rings is 7. The lowest BCUT2D eigenvalue weighted by atomic mass is 9.95. The molecule has 0 spiro atoms. The molecule has 9 aromatic heterocycles. The Morgan fingerprint density at radius 1 is 0.222 bits per heavy atom. The molecule has 0 amide bonds. The molecule has 9 aromatic carbocycles. The van der Waals surface area contributed by atoms with Gasteiger partial charge in [0, 0.05) is 77.7 Å². The van der Waals surface area contributed by atoms with Crippen LogP contribution in [-0.4, -0.2) is 52.4 Å². The number of para-hydroxylation sites is 2. The molecule has 90 heavy (non-hydrogen) atoms. The molecule has 0 aliphatic carbocycles. The van der Waals surface area contributed by atoms with Gasteiger partial charge in [-0.1, -0.05) is 164 Å². The van der Waals surface area contributed by atoms with E-state index in [2.05, 4.69) is 209 Å². The van der Waals surface area contributed by atoms with E-state index in [-0.39, 0.29) is 0 Å². The van der Waals surface area contributed by atoms with Crippen LogP contribution in [-0.2, 0) is 0 Å². The van der Waals surface area contributed by atoms with Crippen molar-refractivity contribution in [1.29, 1.82) is 0 Å². The molecule has 420 valence electrons. The first-order valence-electron chi connectivity index (χ1n) is 29.4. The monoisotopic (exact) mass is 1190 g/mol. The van der Waals surface area contributed by atoms with Crippen molar-refractivity contribution in [2.24, 2.45) is 0 Å². The second-order valence-corrected chi connectivity index (χ2v) is 23.0. The summed E-state index contributed by atoms with van der Waals surface area (Å²) in [6.45, 7) is 0. The van der Waals surface area contributed by atoms with Crippen molar-refractivity contribution in [3.05, 3.63) is 273 Å². The average Bonchev–Trinajstić information content (AvgIpc) is 1.72. The minimum absolute atomic E-state index is 0.807. The number of fused-ring (bicyclic) bond motifs is 13. The molecule has 0 unspecified atom stereocenters. The highest BCUT2D eigenvalue weighted by Gasteiger charge is 2.19. The Kier molecular flexibility index (Phi) is 13.0. The van der Waals surface area contributed by atoms with Gasteiger partial charge in [0.15, 0.2) is 0 Å². The van der Waals surface area contributed by atoms with Crippen molar-refractivity contribution in [3.8, 4) is 90.1 Å². The fourth-order valence-corrected chi connectivity index (χ4v) is 13.3. The molecule has 0 aliphatic rings. The van der Waals surface area contributed by atoms with E-state index in [9.17, 15) is 0 Å². The third kappa shape index (κ3) is 9.49. The quantitative estimate of drug-likeness (QED) is 0.134. The van der Waals surface area contributed by atoms with E-state index in [4.69, 9.17) is 24.9 Å². The Balaban J connectivity index is 0.000000139. The van der Waals surface area contributed by atoms with Gasteiger partial charge in [0.1, 0.15) is 22.1 Å². The number of benzene rings is 9. The second-order valence-electron chi connectivity index (χ2n) is 22.0. The lowest BCUT2D eigenvalue weighted by molar-refractivity contribution is 1.22. The van der Waals surface area contributed by atoms with Gasteiger partial charge in [0.2, 0.25) is 0 Å². The lowest BCUT2D eigenvalue weighted by Crippen LogP contribution is -1.94. The molecule has 0 aliphatic heterocycles. The minimum Gasteiger partial charge on any atom is -0.255 e. The highest BCUT2D eigenvalue weighted by molar-refractivity contribution is 7.00. The highest BCUT2D eigenvalue weighted by Crippen LogP contribution is 2.41. The number of aromatic nitrogens is 11. The van der Waals surface area contributed by atoms with Gasteiger partial charge in [-0.05, 0) is 119 Å². The average molecular weight is 1190 g/mol. The van der Waals surface area contributed by atoms with Crippen LogP contribution in [0.5, 0.6) is 0 Å². The summed E-state index contributed by atoms with van der Waals surface area (Å²) in [4.78, 5) is 34.6. The topological polar surface area (TPSA) is 142 Å². The second kappa shape index (κ2) is 22.2. The number of nitrogens with zero attached hydrogens (tertiary/aromatic N) is 11. The number of hydrogen-bond acceptors (Lipinski definition) is 13. The maximum absolute atomic E-state index is 5.19. The first-order valence-corrected chi connectivity index (χ1v) is 30.8. The molecule has 0 bridgehead atoms. The highest BCUT2D eigenvalue weighted by atomic mass is 32.1. The van der Waals surface area contributed by atoms with Gasteiger partial charge < -0.3 is 0 Å². The lowest BCUT2D eigenvalue weighted by Gasteiger charge is -2.12. The molecular weight excluding hydrogens is 1140 g/mol. The third-order valence-corrected chi connectivity index (χ3v) is 17.7. The maximum Gasteiger partial charge on any atom is 0.113 e. The van der Waals surface area contributed by atoms with Crippen LogP contribution in [0.4, 0.5) is 0 Å². The summed E-state index contributed by atoms with van der Waals surface area (Å²) in [7, 11) is 0. The van der Waals surface area contributed by atoms with Gasteiger partial charge in [0.25, 0.3) is 0 Å². The van der Waals surface area contributed by atoms with E-state index in [1.807, 2.05) is 78.9 Å². The Morgan fingerprint density at radius 2 is 0.678 bits per heavy atom. The van der Waals surface area contributed by atoms with Crippen LogP contribution in [0.15, 0.2) is 273 Å². The molecule has 0 saturated carbocycles. The fraction of sp³-hybridized carbons (Fsp3) is 0. The summed E-state index contributed by atoms with van der Waals surface area (Å²) in [6, 6.07) is 89.5. The SMILES string of the molecule is c1ccc(-c2cc(-c3ccc(-c4cccc(-c5nc6ccccc6c6c5ccc5nsnc56)c4)cc3)cc(-c3ccccn3)n2)nc1.c1ccc(-c2ccc3ccc4ccc(-c5cccc(-c6nc7ccccc7c7c6ccc6nsnc67)c5)nc4c3n2)cc1. The zero-order valence-electron chi connectivity index (χ0n) is 47.7. The summed E-state index contributed by atoms with van der Waals surface area (Å²) >= 11 is 2.49. The summed E-state index contributed by atoms with van der Waals surface area (Å²) in [5, 5.41) is 8.62. The van der Waals surface area contributed by atoms with Crippen LogP contribution in [0.2, 0.25) is 0 Å². The van der Waals surface area contributed by atoms with Gasteiger partial charge in [0.05, 0.1) is 91.1 Å². The molecule has 0 N–H and O–H groups in total. The molecule has 11 nitrogen and oxygen atoms in total. The van der Waals surface area contributed by atoms with Gasteiger partial charge in [-0.3, -0.25) is 9.97 Å². The van der Waals surface area contributed by atoms with Crippen LogP contribution >= 0.6 is 23.5 Å². The van der Waals surface area contributed by atoms with E-state index < -0.39 is 0 Å². The molecular formula is C77H45N11S2. The first kappa shape index (κ1) is 52.5. The largest absolute Gasteiger partial charge is 0.255 e. The van der Waals surface area contributed by atoms with Crippen molar-refractivity contribution in [3.63, 3.8) is 0 Å². The van der Waals surface area contributed by atoms with Gasteiger partial charge >= 0.3 is 0 Å². The Morgan fingerprint density at radius 3 is 1.22 bits per heavy atom. The first-order chi connectivity index (χ1) is 44.6. The third-order valence-electron chi connectivity index (χ3n) is 16.6. The summed E-state index contributed by atoms with van der Waals surface area (Å²) in [5.74, 6) is 0. The zero-order chi connectivity index (χ0) is 59.5. The number of rotatable bonds is 8. The van der Waals surface area contributed by atoms with Crippen LogP contribution in [0.1, 0.15) is 0 Å². The van der Waals surface area contributed by atoms with E-state index in [0.29, 0.717) is 0 Å². The Labute approximate surface area is 523 Å². The Hall–Kier alpha value is -11.8. The molecule has 0 radical (unpaired) electrons. The van der Waals surface area contributed by atoms with E-state index in [1.165, 1.54) is 23.5 Å². The van der Waals surface area contributed by atoms with E-state index in [0.717, 1.165) is 177 Å². The van der Waals surface area contributed by atoms with Crippen molar-refractivity contribution >= 4 is 111 Å². The molecule has 18 aromatic rings. The molecule has 9 heterocycles. The Bertz CT molecular complexity index is 5750. The van der Waals surface area contributed by atoms with E-state index in [1.54, 1.807) is 12.4 Å². The van der Waals surface area contributed by atoms with Crippen LogP contribution in [0.25, 0.3) is 177 Å². The molecule has 18 rings (SSSR count). The number of hydrogen-bond donors (Lipinski definition) is 0. The minimum atomic E-state index is 0.807. The smallest absolute Gasteiger partial charge is 0.113 e. The maximum atomic E-state index is 5.19. The fourth-order valence-electron chi connectivity index (χ4n) is 12.2. The van der Waals surface area contributed by atoms with Crippen molar-refractivity contribution in [1.82, 2.24) is 52.4 Å². The zero-order valence-corrected chi connectivity index (χ0v) is 49.3. The van der Waals surface area contributed by atoms with Crippen LogP contribution in [0.3, 0.4) is 0 Å². The summed E-state index contributed by atoms with van der Waals surface area (Å²) < 4.78 is 18.3. The van der Waals surface area contributed by atoms with E-state index >= 15 is 0 Å². The van der Waals surface area contributed by atoms with Crippen molar-refractivity contribution < 1.29 is 0 Å². The van der Waals surface area contributed by atoms with Crippen molar-refractivity contribution in [2.45, 2.75) is 0 Å². The summed E-state index contributed by atoms with van der Waals surface area (Å²) in [5.41, 5.74) is 22.9. The summed E-state index contributed by atoms with van der Waals surface area (Å²) in [6.07, 6.45) is 3.58. The van der Waals surface area contributed by atoms with Gasteiger partial charge in [-0.25, -0.2) is 24.9 Å².